The Morgan fingerprint density at radius 3 is 3.25 bits per heavy atom. The molecule has 0 bridgehead atoms. The van der Waals surface area contributed by atoms with Crippen molar-refractivity contribution in [1.82, 2.24) is 10.3 Å². The van der Waals surface area contributed by atoms with Crippen LogP contribution in [0.1, 0.15) is 5.69 Å². The number of pyridine rings is 1. The smallest absolute Gasteiger partial charge is 0.0628 e. The monoisotopic (exact) mass is 178 g/mol. The zero-order chi connectivity index (χ0) is 8.39. The van der Waals surface area contributed by atoms with Gasteiger partial charge in [0.15, 0.2) is 0 Å². The highest BCUT2D eigenvalue weighted by Crippen LogP contribution is 2.21. The second kappa shape index (κ2) is 3.21. The van der Waals surface area contributed by atoms with E-state index in [0.717, 1.165) is 12.2 Å². The number of thiophene rings is 1. The number of nitrogens with zero attached hydrogens (tertiary/aromatic N) is 1. The van der Waals surface area contributed by atoms with E-state index in [1.807, 2.05) is 13.2 Å². The summed E-state index contributed by atoms with van der Waals surface area (Å²) >= 11 is 1.76. The van der Waals surface area contributed by atoms with Gasteiger partial charge in [0, 0.05) is 22.8 Å². The highest BCUT2D eigenvalue weighted by molar-refractivity contribution is 7.17. The number of nitrogens with one attached hydrogen (secondary N) is 1. The fourth-order valence-corrected chi connectivity index (χ4v) is 2.06. The lowest BCUT2D eigenvalue weighted by Gasteiger charge is -1.99. The Kier molecular flexibility index (Phi) is 2.06. The normalized spacial score (nSPS) is 10.8. The van der Waals surface area contributed by atoms with Crippen LogP contribution in [0.2, 0.25) is 0 Å². The van der Waals surface area contributed by atoms with Crippen LogP contribution in [0.4, 0.5) is 0 Å². The average molecular weight is 178 g/mol. The molecule has 2 aromatic heterocycles. The van der Waals surface area contributed by atoms with Crippen molar-refractivity contribution >= 4 is 21.4 Å². The van der Waals surface area contributed by atoms with Gasteiger partial charge < -0.3 is 5.32 Å². The van der Waals surface area contributed by atoms with Crippen molar-refractivity contribution < 1.29 is 0 Å². The van der Waals surface area contributed by atoms with Gasteiger partial charge in [-0.3, -0.25) is 4.98 Å². The molecule has 0 unspecified atom stereocenters. The average Bonchev–Trinajstić information content (AvgIpc) is 2.53. The summed E-state index contributed by atoms with van der Waals surface area (Å²) in [6.07, 6.45) is 1.87. The standard InChI is InChI=1S/C9H10N2S/c1-10-6-8-7-3-5-12-9(7)2-4-11-8/h2-5,10H,6H2,1H3. The van der Waals surface area contributed by atoms with Crippen LogP contribution in [-0.2, 0) is 6.54 Å². The summed E-state index contributed by atoms with van der Waals surface area (Å²) in [5, 5.41) is 6.49. The lowest BCUT2D eigenvalue weighted by atomic mass is 10.2. The minimum absolute atomic E-state index is 0.841. The summed E-state index contributed by atoms with van der Waals surface area (Å²) in [5.41, 5.74) is 1.14. The third-order valence-electron chi connectivity index (χ3n) is 1.81. The van der Waals surface area contributed by atoms with Gasteiger partial charge in [0.05, 0.1) is 5.69 Å². The van der Waals surface area contributed by atoms with E-state index < -0.39 is 0 Å². The van der Waals surface area contributed by atoms with E-state index in [2.05, 4.69) is 27.8 Å². The van der Waals surface area contributed by atoms with E-state index in [-0.39, 0.29) is 0 Å². The Morgan fingerprint density at radius 1 is 1.50 bits per heavy atom. The second-order valence-electron chi connectivity index (χ2n) is 2.62. The molecular formula is C9H10N2S. The van der Waals surface area contributed by atoms with E-state index in [1.54, 1.807) is 11.3 Å². The third kappa shape index (κ3) is 1.21. The van der Waals surface area contributed by atoms with E-state index in [0.29, 0.717) is 0 Å². The predicted octanol–water partition coefficient (Wildman–Crippen LogP) is 2.02. The van der Waals surface area contributed by atoms with Crippen molar-refractivity contribution in [2.45, 2.75) is 6.54 Å². The molecule has 0 aliphatic carbocycles. The molecule has 12 heavy (non-hydrogen) atoms. The number of hydrogen-bond acceptors (Lipinski definition) is 3. The minimum Gasteiger partial charge on any atom is -0.314 e. The second-order valence-corrected chi connectivity index (χ2v) is 3.57. The first-order valence-corrected chi connectivity index (χ1v) is 4.75. The van der Waals surface area contributed by atoms with Crippen LogP contribution in [0, 0.1) is 0 Å². The lowest BCUT2D eigenvalue weighted by molar-refractivity contribution is 0.799. The molecule has 0 saturated heterocycles. The number of rotatable bonds is 2. The zero-order valence-electron chi connectivity index (χ0n) is 6.87. The van der Waals surface area contributed by atoms with Crippen LogP contribution >= 0.6 is 11.3 Å². The van der Waals surface area contributed by atoms with Crippen molar-refractivity contribution in [3.8, 4) is 0 Å². The van der Waals surface area contributed by atoms with Crippen LogP contribution in [0.25, 0.3) is 10.1 Å². The Bertz CT molecular complexity index is 381. The topological polar surface area (TPSA) is 24.9 Å². The lowest BCUT2D eigenvalue weighted by Crippen LogP contribution is -2.06. The van der Waals surface area contributed by atoms with Crippen molar-refractivity contribution in [1.29, 1.82) is 0 Å². The van der Waals surface area contributed by atoms with Gasteiger partial charge in [-0.2, -0.15) is 0 Å². The van der Waals surface area contributed by atoms with Crippen LogP contribution in [0.5, 0.6) is 0 Å². The summed E-state index contributed by atoms with van der Waals surface area (Å²) in [7, 11) is 1.94. The first-order chi connectivity index (χ1) is 5.92. The molecule has 2 aromatic rings. The molecule has 0 aliphatic rings. The highest BCUT2D eigenvalue weighted by atomic mass is 32.1. The molecule has 0 aromatic carbocycles. The zero-order valence-corrected chi connectivity index (χ0v) is 7.69. The number of hydrogen-bond donors (Lipinski definition) is 1. The molecule has 62 valence electrons. The highest BCUT2D eigenvalue weighted by Gasteiger charge is 2.00. The maximum atomic E-state index is 4.31. The van der Waals surface area contributed by atoms with Gasteiger partial charge >= 0.3 is 0 Å². The molecular weight excluding hydrogens is 168 g/mol. The number of aromatic nitrogens is 1. The summed E-state index contributed by atoms with van der Waals surface area (Å²) in [6.45, 7) is 0.841. The first kappa shape index (κ1) is 7.71. The molecule has 3 heteroatoms. The van der Waals surface area contributed by atoms with Crippen LogP contribution in [-0.4, -0.2) is 12.0 Å². The van der Waals surface area contributed by atoms with E-state index >= 15 is 0 Å². The summed E-state index contributed by atoms with van der Waals surface area (Å²) in [4.78, 5) is 4.31. The van der Waals surface area contributed by atoms with Gasteiger partial charge in [-0.05, 0) is 24.6 Å². The first-order valence-electron chi connectivity index (χ1n) is 3.87. The van der Waals surface area contributed by atoms with Crippen LogP contribution in [0.3, 0.4) is 0 Å². The fraction of sp³-hybridized carbons (Fsp3) is 0.222. The minimum atomic E-state index is 0.841. The predicted molar refractivity (Wildman–Crippen MR) is 52.4 cm³/mol. The van der Waals surface area contributed by atoms with Crippen molar-refractivity contribution in [2.24, 2.45) is 0 Å². The van der Waals surface area contributed by atoms with Gasteiger partial charge in [0.2, 0.25) is 0 Å². The van der Waals surface area contributed by atoms with Gasteiger partial charge in [-0.25, -0.2) is 0 Å². The largest absolute Gasteiger partial charge is 0.314 e. The molecule has 1 N–H and O–H groups in total. The third-order valence-corrected chi connectivity index (χ3v) is 2.69. The van der Waals surface area contributed by atoms with E-state index in [9.17, 15) is 0 Å². The molecule has 0 aliphatic heterocycles. The molecule has 0 fully saturated rings. The van der Waals surface area contributed by atoms with Crippen LogP contribution < -0.4 is 5.32 Å². The van der Waals surface area contributed by atoms with Gasteiger partial charge in [0.1, 0.15) is 0 Å². The SMILES string of the molecule is CNCc1nccc2sccc12. The van der Waals surface area contributed by atoms with Gasteiger partial charge in [-0.1, -0.05) is 0 Å². The summed E-state index contributed by atoms with van der Waals surface area (Å²) < 4.78 is 1.32. The van der Waals surface area contributed by atoms with Crippen LogP contribution in [0.15, 0.2) is 23.7 Å². The Balaban J connectivity index is 2.57. The molecule has 0 amide bonds. The van der Waals surface area contributed by atoms with Crippen molar-refractivity contribution in [3.05, 3.63) is 29.4 Å². The molecule has 2 rings (SSSR count). The molecule has 0 saturated carbocycles. The molecule has 0 spiro atoms. The van der Waals surface area contributed by atoms with E-state index in [1.165, 1.54) is 10.1 Å². The quantitative estimate of drug-likeness (QED) is 0.761. The Morgan fingerprint density at radius 2 is 2.42 bits per heavy atom. The van der Waals surface area contributed by atoms with E-state index in [4.69, 9.17) is 0 Å². The van der Waals surface area contributed by atoms with Gasteiger partial charge in [0.25, 0.3) is 0 Å². The molecule has 0 radical (unpaired) electrons. The number of fused-ring (bicyclic) bond motifs is 1. The fourth-order valence-electron chi connectivity index (χ4n) is 1.26. The summed E-state index contributed by atoms with van der Waals surface area (Å²) in [5.74, 6) is 0. The van der Waals surface area contributed by atoms with Gasteiger partial charge in [-0.15, -0.1) is 11.3 Å². The maximum Gasteiger partial charge on any atom is 0.0628 e. The molecule has 0 atom stereocenters. The maximum absolute atomic E-state index is 4.31. The summed E-state index contributed by atoms with van der Waals surface area (Å²) in [6, 6.07) is 4.18. The van der Waals surface area contributed by atoms with Crippen molar-refractivity contribution in [3.63, 3.8) is 0 Å². The molecule has 2 nitrogen and oxygen atoms in total. The Labute approximate surface area is 75.3 Å². The van der Waals surface area contributed by atoms with Crippen molar-refractivity contribution in [2.75, 3.05) is 7.05 Å². The molecule has 2 heterocycles. The Hall–Kier alpha value is -0.930.